The Bertz CT molecular complexity index is 393. The Morgan fingerprint density at radius 2 is 1.88 bits per heavy atom. The van der Waals surface area contributed by atoms with Crippen molar-refractivity contribution in [3.05, 3.63) is 0 Å². The molecule has 1 saturated heterocycles. The van der Waals surface area contributed by atoms with Gasteiger partial charge in [-0.15, -0.1) is 0 Å². The predicted octanol–water partition coefficient (Wildman–Crippen LogP) is -1.30. The Balaban J connectivity index is 2.72. The number of alkyl halides is 2. The highest BCUT2D eigenvalue weighted by molar-refractivity contribution is 7.87. The molecule has 8 nitrogen and oxygen atoms in total. The van der Waals surface area contributed by atoms with Gasteiger partial charge in [-0.05, 0) is 0 Å². The number of halogens is 2. The van der Waals surface area contributed by atoms with Crippen molar-refractivity contribution in [2.45, 2.75) is 17.5 Å². The van der Waals surface area contributed by atoms with Gasteiger partial charge in [-0.2, -0.15) is 17.2 Å². The maximum Gasteiger partial charge on any atom is 0.465 e. The number of hydrogen-bond donors (Lipinski definition) is 2. The number of hydrogen-bond acceptors (Lipinski definition) is 7. The molecule has 0 aromatic carbocycles. The van der Waals surface area contributed by atoms with Crippen molar-refractivity contribution in [2.75, 3.05) is 13.2 Å². The molecule has 1 fully saturated rings. The number of aliphatic hydroxyl groups excluding tert-OH is 1. The van der Waals surface area contributed by atoms with Crippen molar-refractivity contribution >= 4 is 16.1 Å². The van der Waals surface area contributed by atoms with Gasteiger partial charge in [0.25, 0.3) is 0 Å². The summed E-state index contributed by atoms with van der Waals surface area (Å²) in [6.07, 6.45) is -2.95. The highest BCUT2D eigenvalue weighted by Crippen LogP contribution is 2.24. The van der Waals surface area contributed by atoms with Crippen LogP contribution in [0.3, 0.4) is 0 Å². The number of carbonyl (C=O) groups is 1. The van der Waals surface area contributed by atoms with Gasteiger partial charge < -0.3 is 9.84 Å². The molecule has 0 aromatic heterocycles. The third kappa shape index (κ3) is 3.07. The van der Waals surface area contributed by atoms with E-state index in [1.54, 1.807) is 0 Å². The number of esters is 1. The summed E-state index contributed by atoms with van der Waals surface area (Å²) < 4.78 is 58.0. The van der Waals surface area contributed by atoms with Crippen LogP contribution in [-0.4, -0.2) is 54.7 Å². The maximum absolute atomic E-state index is 12.7. The molecule has 2 N–H and O–H groups in total. The third-order valence-corrected chi connectivity index (χ3v) is 2.62. The van der Waals surface area contributed by atoms with E-state index in [4.69, 9.17) is 9.66 Å². The van der Waals surface area contributed by atoms with Crippen LogP contribution in [0.4, 0.5) is 8.78 Å². The molecule has 2 atom stereocenters. The summed E-state index contributed by atoms with van der Waals surface area (Å²) in [5.41, 5.74) is 0. The van der Waals surface area contributed by atoms with Gasteiger partial charge in [0.05, 0.1) is 0 Å². The lowest BCUT2D eigenvalue weighted by Gasteiger charge is -2.27. The van der Waals surface area contributed by atoms with E-state index in [9.17, 15) is 22.0 Å². The number of carbonyl (C=O) groups excluding carboxylic acids is 1. The Hall–Kier alpha value is -0.880. The van der Waals surface area contributed by atoms with Crippen LogP contribution in [0.2, 0.25) is 0 Å². The Labute approximate surface area is 93.7 Å². The molecule has 17 heavy (non-hydrogen) atoms. The summed E-state index contributed by atoms with van der Waals surface area (Å²) in [6.45, 7) is -0.982. The van der Waals surface area contributed by atoms with E-state index < -0.39 is 46.8 Å². The first-order chi connectivity index (χ1) is 7.66. The lowest BCUT2D eigenvalue weighted by molar-refractivity contribution is -0.352. The van der Waals surface area contributed by atoms with Crippen molar-refractivity contribution in [3.63, 3.8) is 0 Å². The normalized spacial score (nSPS) is 26.6. The lowest BCUT2D eigenvalue weighted by Crippen LogP contribution is -2.47. The smallest absolute Gasteiger partial charge is 0.452 e. The van der Waals surface area contributed by atoms with Crippen LogP contribution >= 0.6 is 0 Å². The molecular formula is C6H8F2O8S. The second-order valence-electron chi connectivity index (χ2n) is 3.07. The highest BCUT2D eigenvalue weighted by atomic mass is 32.2. The molecule has 100 valence electrons. The van der Waals surface area contributed by atoms with Crippen LogP contribution in [0.25, 0.3) is 0 Å². The van der Waals surface area contributed by atoms with Crippen molar-refractivity contribution in [3.8, 4) is 0 Å². The Morgan fingerprint density at radius 1 is 1.35 bits per heavy atom. The monoisotopic (exact) mass is 278 g/mol. The second kappa shape index (κ2) is 4.78. The zero-order valence-corrected chi connectivity index (χ0v) is 8.89. The third-order valence-electron chi connectivity index (χ3n) is 1.80. The fraction of sp³-hybridized carbons (Fsp3) is 0.833. The number of rotatable bonds is 3. The van der Waals surface area contributed by atoms with Gasteiger partial charge in [0.2, 0.25) is 0 Å². The van der Waals surface area contributed by atoms with E-state index in [0.717, 1.165) is 0 Å². The molecule has 2 unspecified atom stereocenters. The molecule has 0 saturated carbocycles. The fourth-order valence-corrected chi connectivity index (χ4v) is 1.13. The zero-order valence-electron chi connectivity index (χ0n) is 8.08. The molecule has 1 heterocycles. The van der Waals surface area contributed by atoms with Crippen LogP contribution in [0.15, 0.2) is 0 Å². The van der Waals surface area contributed by atoms with Gasteiger partial charge in [-0.25, -0.2) is 14.6 Å². The van der Waals surface area contributed by atoms with E-state index in [0.29, 0.717) is 0 Å². The summed E-state index contributed by atoms with van der Waals surface area (Å²) in [4.78, 5) is 19.3. The largest absolute Gasteiger partial charge is 0.465 e. The first-order valence-electron chi connectivity index (χ1n) is 4.14. The average Bonchev–Trinajstić information content (AvgIpc) is 2.19. The fourth-order valence-electron chi connectivity index (χ4n) is 0.875. The first-order valence-corrected chi connectivity index (χ1v) is 5.58. The van der Waals surface area contributed by atoms with Crippen molar-refractivity contribution in [1.82, 2.24) is 0 Å². The van der Waals surface area contributed by atoms with E-state index in [1.165, 1.54) is 0 Å². The average molecular weight is 278 g/mol. The molecule has 0 aliphatic carbocycles. The lowest BCUT2D eigenvalue weighted by atomic mass is 10.2. The summed E-state index contributed by atoms with van der Waals surface area (Å²) in [5, 5.41) is 4.04. The summed E-state index contributed by atoms with van der Waals surface area (Å²) >= 11 is 0. The molecule has 0 bridgehead atoms. The molecule has 0 aromatic rings. The van der Waals surface area contributed by atoms with E-state index in [-0.39, 0.29) is 0 Å². The Morgan fingerprint density at radius 3 is 2.35 bits per heavy atom. The molecule has 0 spiro atoms. The quantitative estimate of drug-likeness (QED) is 0.371. The zero-order chi connectivity index (χ0) is 13.3. The first kappa shape index (κ1) is 14.2. The predicted molar refractivity (Wildman–Crippen MR) is 44.3 cm³/mol. The van der Waals surface area contributed by atoms with Gasteiger partial charge in [0.15, 0.2) is 6.10 Å². The van der Waals surface area contributed by atoms with Gasteiger partial charge in [-0.3, -0.25) is 4.55 Å². The van der Waals surface area contributed by atoms with Crippen LogP contribution < -0.4 is 0 Å². The summed E-state index contributed by atoms with van der Waals surface area (Å²) in [6, 6.07) is 0. The van der Waals surface area contributed by atoms with Crippen molar-refractivity contribution < 1.29 is 46.2 Å². The second-order valence-corrected chi connectivity index (χ2v) is 4.53. The summed E-state index contributed by atoms with van der Waals surface area (Å²) in [7, 11) is -5.93. The van der Waals surface area contributed by atoms with Crippen LogP contribution in [0.1, 0.15) is 0 Å². The molecule has 1 aliphatic rings. The van der Waals surface area contributed by atoms with Crippen LogP contribution in [-0.2, 0) is 29.4 Å². The van der Waals surface area contributed by atoms with E-state index >= 15 is 0 Å². The maximum atomic E-state index is 12.7. The van der Waals surface area contributed by atoms with Crippen molar-refractivity contribution in [1.29, 1.82) is 0 Å². The topological polar surface area (TPSA) is 119 Å². The molecule has 0 amide bonds. The molecular weight excluding hydrogens is 270 g/mol. The number of ether oxygens (including phenoxy) is 1. The number of aliphatic hydroxyl groups is 1. The van der Waals surface area contributed by atoms with Gasteiger partial charge in [0.1, 0.15) is 19.3 Å². The molecule has 11 heteroatoms. The molecule has 1 rings (SSSR count). The Kier molecular flexibility index (Phi) is 3.99. The van der Waals surface area contributed by atoms with Crippen LogP contribution in [0.5, 0.6) is 0 Å². The van der Waals surface area contributed by atoms with E-state index in [2.05, 4.69) is 14.5 Å². The minimum Gasteiger partial charge on any atom is -0.452 e. The van der Waals surface area contributed by atoms with Gasteiger partial charge >= 0.3 is 21.3 Å². The standard InChI is InChI=1S/C6H8F2O8S/c7-6(8,17(11,12)13)5(10)16-4-2-15-14-1-3(4)9/h3-4,9H,1-2H2,(H,11,12,13). The molecule has 0 radical (unpaired) electrons. The van der Waals surface area contributed by atoms with Crippen molar-refractivity contribution in [2.24, 2.45) is 0 Å². The SMILES string of the molecule is O=C(OC1COOCC1O)C(F)(F)S(=O)(=O)O. The van der Waals surface area contributed by atoms with Gasteiger partial charge in [-0.1, -0.05) is 0 Å². The summed E-state index contributed by atoms with van der Waals surface area (Å²) in [5.74, 6) is -2.51. The minimum atomic E-state index is -5.93. The minimum absolute atomic E-state index is 0.435. The molecule has 1 aliphatic heterocycles. The van der Waals surface area contributed by atoms with Gasteiger partial charge in [0, 0.05) is 0 Å². The van der Waals surface area contributed by atoms with E-state index in [1.807, 2.05) is 0 Å². The highest BCUT2D eigenvalue weighted by Gasteiger charge is 2.55. The van der Waals surface area contributed by atoms with Crippen LogP contribution in [0, 0.1) is 0 Å².